The molecule has 5 nitrogen and oxygen atoms in total. The van der Waals surface area contributed by atoms with E-state index in [1.807, 2.05) is 58.5 Å². The molecule has 2 amide bonds. The molecule has 0 radical (unpaired) electrons. The summed E-state index contributed by atoms with van der Waals surface area (Å²) in [6, 6.07) is 14.0. The molecule has 1 aromatic heterocycles. The fourth-order valence-electron chi connectivity index (χ4n) is 3.82. The van der Waals surface area contributed by atoms with Gasteiger partial charge in [-0.2, -0.15) is 0 Å². The van der Waals surface area contributed by atoms with E-state index in [-0.39, 0.29) is 24.1 Å². The summed E-state index contributed by atoms with van der Waals surface area (Å²) in [6.07, 6.45) is 3.34. The number of rotatable bonds is 4. The van der Waals surface area contributed by atoms with Crippen LogP contribution in [-0.2, 0) is 4.74 Å². The van der Waals surface area contributed by atoms with Crippen molar-refractivity contribution in [2.24, 2.45) is 0 Å². The molecule has 7 heteroatoms. The summed E-state index contributed by atoms with van der Waals surface area (Å²) in [4.78, 5) is 29.7. The van der Waals surface area contributed by atoms with Crippen LogP contribution in [0.4, 0.5) is 4.79 Å². The zero-order valence-corrected chi connectivity index (χ0v) is 16.8. The highest BCUT2D eigenvalue weighted by molar-refractivity contribution is 8.00. The average molecular weight is 403 g/mol. The maximum absolute atomic E-state index is 12.7. The van der Waals surface area contributed by atoms with E-state index in [1.54, 1.807) is 23.1 Å². The lowest BCUT2D eigenvalue weighted by Crippen LogP contribution is -2.47. The molecule has 4 rings (SSSR count). The predicted molar refractivity (Wildman–Crippen MR) is 107 cm³/mol. The Bertz CT molecular complexity index is 816. The number of ether oxygens (including phenoxy) is 1. The summed E-state index contributed by atoms with van der Waals surface area (Å²) in [5, 5.41) is 0. The minimum Gasteiger partial charge on any atom is -0.447 e. The molecule has 0 bridgehead atoms. The number of amides is 2. The molecular formula is C20H22N2O3S2. The van der Waals surface area contributed by atoms with Gasteiger partial charge in [0, 0.05) is 19.1 Å². The van der Waals surface area contributed by atoms with Gasteiger partial charge >= 0.3 is 6.09 Å². The SMILES string of the molecule is CSc1ccc(C(=O)N2CCC(N3C(=O)OCC3c3ccccc3)CC2)s1. The molecule has 3 heterocycles. The van der Waals surface area contributed by atoms with Crippen molar-refractivity contribution in [2.45, 2.75) is 29.1 Å². The van der Waals surface area contributed by atoms with Crippen LogP contribution < -0.4 is 0 Å². The number of piperidine rings is 1. The van der Waals surface area contributed by atoms with E-state index in [9.17, 15) is 9.59 Å². The van der Waals surface area contributed by atoms with Gasteiger partial charge in [0.15, 0.2) is 0 Å². The number of hydrogen-bond acceptors (Lipinski definition) is 5. The molecule has 2 aliphatic heterocycles. The zero-order valence-electron chi connectivity index (χ0n) is 15.2. The fourth-order valence-corrected chi connectivity index (χ4v) is 5.33. The molecule has 2 fully saturated rings. The molecule has 2 aromatic rings. The highest BCUT2D eigenvalue weighted by Crippen LogP contribution is 2.33. The summed E-state index contributed by atoms with van der Waals surface area (Å²) in [7, 11) is 0. The van der Waals surface area contributed by atoms with Crippen LogP contribution in [0.2, 0.25) is 0 Å². The van der Waals surface area contributed by atoms with Gasteiger partial charge in [-0.05, 0) is 36.8 Å². The van der Waals surface area contributed by atoms with Gasteiger partial charge in [-0.15, -0.1) is 23.1 Å². The van der Waals surface area contributed by atoms with Gasteiger partial charge in [-0.3, -0.25) is 9.69 Å². The number of benzene rings is 1. The predicted octanol–water partition coefficient (Wildman–Crippen LogP) is 4.27. The summed E-state index contributed by atoms with van der Waals surface area (Å²) in [6.45, 7) is 1.73. The maximum Gasteiger partial charge on any atom is 0.410 e. The second-order valence-electron chi connectivity index (χ2n) is 6.76. The third-order valence-corrected chi connectivity index (χ3v) is 7.39. The average Bonchev–Trinajstić information content (AvgIpc) is 3.35. The molecule has 0 N–H and O–H groups in total. The van der Waals surface area contributed by atoms with Gasteiger partial charge in [0.25, 0.3) is 5.91 Å². The fraction of sp³-hybridized carbons (Fsp3) is 0.400. The summed E-state index contributed by atoms with van der Waals surface area (Å²) in [5.74, 6) is 0.0994. The lowest BCUT2D eigenvalue weighted by molar-refractivity contribution is 0.0641. The van der Waals surface area contributed by atoms with Gasteiger partial charge in [0.1, 0.15) is 6.61 Å². The van der Waals surface area contributed by atoms with Crippen LogP contribution in [0.25, 0.3) is 0 Å². The molecule has 2 saturated heterocycles. The van der Waals surface area contributed by atoms with E-state index in [4.69, 9.17) is 4.74 Å². The number of hydrogen-bond donors (Lipinski definition) is 0. The molecule has 1 unspecified atom stereocenters. The van der Waals surface area contributed by atoms with Crippen LogP contribution in [0.3, 0.4) is 0 Å². The number of carbonyl (C=O) groups excluding carboxylic acids is 2. The van der Waals surface area contributed by atoms with E-state index in [1.165, 1.54) is 0 Å². The quantitative estimate of drug-likeness (QED) is 0.717. The van der Waals surface area contributed by atoms with Crippen molar-refractivity contribution >= 4 is 35.1 Å². The van der Waals surface area contributed by atoms with Crippen molar-refractivity contribution in [3.05, 3.63) is 52.9 Å². The first-order valence-corrected chi connectivity index (χ1v) is 11.1. The third kappa shape index (κ3) is 3.71. The van der Waals surface area contributed by atoms with E-state index >= 15 is 0 Å². The van der Waals surface area contributed by atoms with Gasteiger partial charge in [0.2, 0.25) is 0 Å². The highest BCUT2D eigenvalue weighted by Gasteiger charge is 2.40. The Morgan fingerprint density at radius 2 is 1.89 bits per heavy atom. The second kappa shape index (κ2) is 7.94. The highest BCUT2D eigenvalue weighted by atomic mass is 32.2. The first-order valence-electron chi connectivity index (χ1n) is 9.10. The number of nitrogens with zero attached hydrogens (tertiary/aromatic N) is 2. The maximum atomic E-state index is 12.7. The van der Waals surface area contributed by atoms with Crippen LogP contribution >= 0.6 is 23.1 Å². The smallest absolute Gasteiger partial charge is 0.410 e. The summed E-state index contributed by atoms with van der Waals surface area (Å²) in [5.41, 5.74) is 1.10. The van der Waals surface area contributed by atoms with Crippen LogP contribution in [0.1, 0.15) is 34.1 Å². The molecule has 2 aliphatic rings. The van der Waals surface area contributed by atoms with E-state index in [0.29, 0.717) is 19.7 Å². The first kappa shape index (κ1) is 18.4. The minimum atomic E-state index is -0.239. The Morgan fingerprint density at radius 1 is 1.15 bits per heavy atom. The first-order chi connectivity index (χ1) is 13.2. The van der Waals surface area contributed by atoms with Crippen molar-refractivity contribution in [2.75, 3.05) is 26.0 Å². The molecule has 27 heavy (non-hydrogen) atoms. The summed E-state index contributed by atoms with van der Waals surface area (Å²) >= 11 is 3.21. The number of cyclic esters (lactones) is 1. The molecule has 142 valence electrons. The van der Waals surface area contributed by atoms with Crippen LogP contribution in [0.15, 0.2) is 46.7 Å². The van der Waals surface area contributed by atoms with E-state index in [0.717, 1.165) is 27.5 Å². The Labute approximate surface area is 167 Å². The Balaban J connectivity index is 1.42. The van der Waals surface area contributed by atoms with E-state index < -0.39 is 0 Å². The van der Waals surface area contributed by atoms with Crippen LogP contribution in [-0.4, -0.2) is 53.8 Å². The lowest BCUT2D eigenvalue weighted by atomic mass is 9.99. The lowest BCUT2D eigenvalue weighted by Gasteiger charge is -2.37. The topological polar surface area (TPSA) is 49.9 Å². The molecule has 1 aromatic carbocycles. The largest absolute Gasteiger partial charge is 0.447 e. The molecule has 0 aliphatic carbocycles. The van der Waals surface area contributed by atoms with E-state index in [2.05, 4.69) is 0 Å². The van der Waals surface area contributed by atoms with Crippen molar-refractivity contribution in [3.8, 4) is 0 Å². The third-order valence-electron chi connectivity index (χ3n) is 5.23. The van der Waals surface area contributed by atoms with Crippen LogP contribution in [0.5, 0.6) is 0 Å². The minimum absolute atomic E-state index is 0.0348. The summed E-state index contributed by atoms with van der Waals surface area (Å²) < 4.78 is 6.50. The molecule has 0 spiro atoms. The Hall–Kier alpha value is -1.99. The number of carbonyl (C=O) groups is 2. The zero-order chi connectivity index (χ0) is 18.8. The monoisotopic (exact) mass is 402 g/mol. The molecule has 1 atom stereocenters. The van der Waals surface area contributed by atoms with Crippen molar-refractivity contribution in [1.29, 1.82) is 0 Å². The normalized spacial score (nSPS) is 20.8. The number of thioether (sulfide) groups is 1. The van der Waals surface area contributed by atoms with Crippen molar-refractivity contribution in [1.82, 2.24) is 9.80 Å². The Kier molecular flexibility index (Phi) is 5.41. The van der Waals surface area contributed by atoms with Gasteiger partial charge in [-0.1, -0.05) is 30.3 Å². The van der Waals surface area contributed by atoms with Crippen molar-refractivity contribution in [3.63, 3.8) is 0 Å². The number of thiophene rings is 1. The van der Waals surface area contributed by atoms with Gasteiger partial charge in [0.05, 0.1) is 15.1 Å². The second-order valence-corrected chi connectivity index (χ2v) is 8.95. The van der Waals surface area contributed by atoms with Crippen molar-refractivity contribution < 1.29 is 14.3 Å². The Morgan fingerprint density at radius 3 is 2.56 bits per heavy atom. The van der Waals surface area contributed by atoms with Crippen LogP contribution in [0, 0.1) is 0 Å². The molecule has 0 saturated carbocycles. The van der Waals surface area contributed by atoms with Gasteiger partial charge in [-0.25, -0.2) is 4.79 Å². The number of likely N-dealkylation sites (tertiary alicyclic amines) is 1. The standard InChI is InChI=1S/C20H22N2O3S2/c1-26-18-8-7-17(27-18)19(23)21-11-9-15(10-12-21)22-16(13-25-20(22)24)14-5-3-2-4-6-14/h2-8,15-16H,9-13H2,1H3. The van der Waals surface area contributed by atoms with Gasteiger partial charge < -0.3 is 9.64 Å². The molecular weight excluding hydrogens is 380 g/mol.